The van der Waals surface area contributed by atoms with Gasteiger partial charge in [0, 0.05) is 31.8 Å². The number of nitrogens with zero attached hydrogens (tertiary/aromatic N) is 3. The highest BCUT2D eigenvalue weighted by atomic mass is 19.1. The maximum atomic E-state index is 13.2. The van der Waals surface area contributed by atoms with E-state index < -0.39 is 5.91 Å². The Bertz CT molecular complexity index is 1010. The highest BCUT2D eigenvalue weighted by Gasteiger charge is 2.28. The van der Waals surface area contributed by atoms with E-state index in [-0.39, 0.29) is 12.4 Å². The third-order valence-electron chi connectivity index (χ3n) is 5.17. The number of halogens is 1. The number of carbonyl (C=O) groups is 1. The summed E-state index contributed by atoms with van der Waals surface area (Å²) in [5, 5.41) is 11.5. The van der Waals surface area contributed by atoms with Crippen LogP contribution in [0, 0.1) is 5.82 Å². The molecule has 28 heavy (non-hydrogen) atoms. The lowest BCUT2D eigenvalue weighted by molar-refractivity contribution is -0.0606. The number of pyridine rings is 1. The van der Waals surface area contributed by atoms with Gasteiger partial charge in [-0.05, 0) is 48.1 Å². The van der Waals surface area contributed by atoms with Crippen molar-refractivity contribution in [1.29, 1.82) is 0 Å². The summed E-state index contributed by atoms with van der Waals surface area (Å²) in [6, 6.07) is 6.44. The number of amides is 1. The normalized spacial score (nSPS) is 14.0. The standard InChI is InChI=1S/C21H22FN3O3/c1-28-10-2-3-15-13-24(12-14-4-6-16(22)7-5-14)18-11-23-20-17(19(15)18)8-9-25(27)21(20)26/h4-7,11,13,27H,2-3,8-10,12H2,1H3. The van der Waals surface area contributed by atoms with Crippen LogP contribution in [0.4, 0.5) is 4.39 Å². The first-order valence-electron chi connectivity index (χ1n) is 9.32. The number of hydroxylamine groups is 2. The Morgan fingerprint density at radius 1 is 1.29 bits per heavy atom. The topological polar surface area (TPSA) is 67.6 Å². The zero-order valence-corrected chi connectivity index (χ0v) is 15.7. The molecule has 7 heteroatoms. The van der Waals surface area contributed by atoms with Crippen molar-refractivity contribution in [2.75, 3.05) is 20.3 Å². The second-order valence-electron chi connectivity index (χ2n) is 7.03. The van der Waals surface area contributed by atoms with Crippen LogP contribution in [0.25, 0.3) is 10.9 Å². The van der Waals surface area contributed by atoms with Crippen molar-refractivity contribution >= 4 is 16.8 Å². The molecule has 2 aromatic heterocycles. The summed E-state index contributed by atoms with van der Waals surface area (Å²) in [6.45, 7) is 1.50. The van der Waals surface area contributed by atoms with Crippen molar-refractivity contribution in [2.45, 2.75) is 25.8 Å². The first-order chi connectivity index (χ1) is 13.6. The maximum absolute atomic E-state index is 13.2. The van der Waals surface area contributed by atoms with Crippen LogP contribution in [0.1, 0.15) is 33.6 Å². The predicted octanol–water partition coefficient (Wildman–Crippen LogP) is 3.19. The van der Waals surface area contributed by atoms with Gasteiger partial charge in [0.1, 0.15) is 11.5 Å². The van der Waals surface area contributed by atoms with E-state index in [0.717, 1.165) is 45.5 Å². The fourth-order valence-electron chi connectivity index (χ4n) is 3.82. The van der Waals surface area contributed by atoms with Gasteiger partial charge in [-0.2, -0.15) is 0 Å². The lowest BCUT2D eigenvalue weighted by Gasteiger charge is -2.23. The summed E-state index contributed by atoms with van der Waals surface area (Å²) in [5.41, 5.74) is 4.26. The number of aryl methyl sites for hydroxylation is 1. The summed E-state index contributed by atoms with van der Waals surface area (Å²) in [7, 11) is 1.68. The molecule has 0 bridgehead atoms. The average Bonchev–Trinajstić information content (AvgIpc) is 3.04. The van der Waals surface area contributed by atoms with Crippen molar-refractivity contribution in [2.24, 2.45) is 0 Å². The maximum Gasteiger partial charge on any atom is 0.296 e. The third kappa shape index (κ3) is 3.39. The minimum Gasteiger partial charge on any atom is -0.385 e. The minimum absolute atomic E-state index is 0.257. The lowest BCUT2D eigenvalue weighted by atomic mass is 9.97. The molecule has 1 aliphatic heterocycles. The van der Waals surface area contributed by atoms with Gasteiger partial charge in [-0.25, -0.2) is 14.4 Å². The molecular weight excluding hydrogens is 361 g/mol. The van der Waals surface area contributed by atoms with Crippen LogP contribution < -0.4 is 0 Å². The van der Waals surface area contributed by atoms with Crippen molar-refractivity contribution in [3.63, 3.8) is 0 Å². The molecular formula is C21H22FN3O3. The molecule has 0 saturated heterocycles. The SMILES string of the molecule is COCCCc1cn(Cc2ccc(F)cc2)c2cnc3c(c12)CCN(O)C3=O. The summed E-state index contributed by atoms with van der Waals surface area (Å²) in [4.78, 5) is 16.7. The molecule has 1 N–H and O–H groups in total. The smallest absolute Gasteiger partial charge is 0.296 e. The van der Waals surface area contributed by atoms with Gasteiger partial charge in [0.25, 0.3) is 5.91 Å². The molecule has 6 nitrogen and oxygen atoms in total. The highest BCUT2D eigenvalue weighted by Crippen LogP contribution is 2.31. The second kappa shape index (κ2) is 7.69. The van der Waals surface area contributed by atoms with Crippen LogP contribution in [0.15, 0.2) is 36.7 Å². The Morgan fingerprint density at radius 3 is 2.82 bits per heavy atom. The van der Waals surface area contributed by atoms with Gasteiger partial charge < -0.3 is 9.30 Å². The molecule has 0 atom stereocenters. The molecule has 0 unspecified atom stereocenters. The van der Waals surface area contributed by atoms with Crippen molar-refractivity contribution in [1.82, 2.24) is 14.6 Å². The second-order valence-corrected chi connectivity index (χ2v) is 7.03. The molecule has 3 heterocycles. The number of carbonyl (C=O) groups excluding carboxylic acids is 1. The number of rotatable bonds is 6. The Kier molecular flexibility index (Phi) is 5.11. The van der Waals surface area contributed by atoms with Crippen molar-refractivity contribution < 1.29 is 19.1 Å². The minimum atomic E-state index is -0.461. The van der Waals surface area contributed by atoms with Gasteiger partial charge in [0.05, 0.1) is 18.3 Å². The predicted molar refractivity (Wildman–Crippen MR) is 102 cm³/mol. The molecule has 0 fully saturated rings. The Morgan fingerprint density at radius 2 is 2.07 bits per heavy atom. The van der Waals surface area contributed by atoms with Gasteiger partial charge >= 0.3 is 0 Å². The summed E-state index contributed by atoms with van der Waals surface area (Å²) < 4.78 is 20.5. The monoisotopic (exact) mass is 383 g/mol. The first kappa shape index (κ1) is 18.6. The summed E-state index contributed by atoms with van der Waals surface area (Å²) in [5.74, 6) is -0.721. The molecule has 0 saturated carbocycles. The van der Waals surface area contributed by atoms with E-state index in [1.165, 1.54) is 12.1 Å². The van der Waals surface area contributed by atoms with Gasteiger partial charge in [-0.1, -0.05) is 12.1 Å². The van der Waals surface area contributed by atoms with E-state index in [9.17, 15) is 14.4 Å². The Hall–Kier alpha value is -2.77. The zero-order chi connectivity index (χ0) is 19.7. The Labute approximate surface area is 162 Å². The van der Waals surface area contributed by atoms with Crippen LogP contribution >= 0.6 is 0 Å². The molecule has 0 radical (unpaired) electrons. The van der Waals surface area contributed by atoms with Crippen molar-refractivity contribution in [3.8, 4) is 0 Å². The number of hydrogen-bond donors (Lipinski definition) is 1. The molecule has 146 valence electrons. The lowest BCUT2D eigenvalue weighted by Crippen LogP contribution is -2.35. The average molecular weight is 383 g/mol. The third-order valence-corrected chi connectivity index (χ3v) is 5.17. The number of methoxy groups -OCH3 is 1. The summed E-state index contributed by atoms with van der Waals surface area (Å²) in [6.07, 6.45) is 6.01. The zero-order valence-electron chi connectivity index (χ0n) is 15.7. The largest absolute Gasteiger partial charge is 0.385 e. The van der Waals surface area contributed by atoms with Gasteiger partial charge in [0.15, 0.2) is 0 Å². The van der Waals surface area contributed by atoms with Gasteiger partial charge in [0.2, 0.25) is 0 Å². The molecule has 1 amide bonds. The molecule has 0 aliphatic carbocycles. The Balaban J connectivity index is 1.80. The van der Waals surface area contributed by atoms with Gasteiger partial charge in [-0.3, -0.25) is 10.0 Å². The van der Waals surface area contributed by atoms with Crippen LogP contribution in [-0.2, 0) is 24.1 Å². The fraction of sp³-hybridized carbons (Fsp3) is 0.333. The summed E-state index contributed by atoms with van der Waals surface area (Å²) >= 11 is 0. The van der Waals surface area contributed by atoms with E-state index in [1.807, 2.05) is 0 Å². The number of aromatic nitrogens is 2. The molecule has 1 aromatic carbocycles. The molecule has 4 rings (SSSR count). The van der Waals surface area contributed by atoms with E-state index in [0.29, 0.717) is 25.3 Å². The van der Waals surface area contributed by atoms with Crippen LogP contribution in [0.5, 0.6) is 0 Å². The number of benzene rings is 1. The quantitative estimate of drug-likeness (QED) is 0.524. The molecule has 1 aliphatic rings. The van der Waals surface area contributed by atoms with E-state index >= 15 is 0 Å². The van der Waals surface area contributed by atoms with Crippen LogP contribution in [0.2, 0.25) is 0 Å². The number of fused-ring (bicyclic) bond motifs is 3. The molecule has 0 spiro atoms. The van der Waals surface area contributed by atoms with Gasteiger partial charge in [-0.15, -0.1) is 0 Å². The number of ether oxygens (including phenoxy) is 1. The van der Waals surface area contributed by atoms with E-state index in [2.05, 4.69) is 15.7 Å². The van der Waals surface area contributed by atoms with E-state index in [1.54, 1.807) is 25.4 Å². The van der Waals surface area contributed by atoms with Crippen LogP contribution in [-0.4, -0.2) is 46.0 Å². The highest BCUT2D eigenvalue weighted by molar-refractivity contribution is 6.00. The van der Waals surface area contributed by atoms with Crippen molar-refractivity contribution in [3.05, 3.63) is 64.9 Å². The number of hydrogen-bond acceptors (Lipinski definition) is 4. The van der Waals surface area contributed by atoms with Crippen LogP contribution in [0.3, 0.4) is 0 Å². The van der Waals surface area contributed by atoms with E-state index in [4.69, 9.17) is 4.74 Å². The molecule has 3 aromatic rings. The first-order valence-corrected chi connectivity index (χ1v) is 9.32. The fourth-order valence-corrected chi connectivity index (χ4v) is 3.82.